The van der Waals surface area contributed by atoms with Gasteiger partial charge in [0.05, 0.1) is 18.7 Å². The molecule has 20 heavy (non-hydrogen) atoms. The standard InChI is InChI=1S/C15H17NO4/c1-3-19-12-6-4-11(5-7-12)8-14-16-13(9-15(17)18)10(2)20-14/h4-7H,3,8-9H2,1-2H3,(H,17,18). The van der Waals surface area contributed by atoms with Gasteiger partial charge in [-0.2, -0.15) is 0 Å². The lowest BCUT2D eigenvalue weighted by Crippen LogP contribution is -2.01. The van der Waals surface area contributed by atoms with Crippen LogP contribution in [-0.2, 0) is 17.6 Å². The van der Waals surface area contributed by atoms with Crippen molar-refractivity contribution >= 4 is 5.97 Å². The van der Waals surface area contributed by atoms with Gasteiger partial charge in [-0.1, -0.05) is 12.1 Å². The second kappa shape index (κ2) is 6.23. The number of aryl methyl sites for hydroxylation is 1. The summed E-state index contributed by atoms with van der Waals surface area (Å²) in [6, 6.07) is 7.68. The number of ether oxygens (including phenoxy) is 1. The minimum absolute atomic E-state index is 0.112. The Morgan fingerprint density at radius 3 is 2.65 bits per heavy atom. The molecule has 1 N–H and O–H groups in total. The van der Waals surface area contributed by atoms with Crippen molar-refractivity contribution in [3.63, 3.8) is 0 Å². The molecule has 0 saturated heterocycles. The topological polar surface area (TPSA) is 72.6 Å². The zero-order valence-corrected chi connectivity index (χ0v) is 11.5. The maximum Gasteiger partial charge on any atom is 0.309 e. The van der Waals surface area contributed by atoms with E-state index in [-0.39, 0.29) is 6.42 Å². The van der Waals surface area contributed by atoms with Crippen LogP contribution in [0.5, 0.6) is 5.75 Å². The minimum atomic E-state index is -0.908. The van der Waals surface area contributed by atoms with Gasteiger partial charge in [-0.15, -0.1) is 0 Å². The number of carboxylic acid groups (broad SMARTS) is 1. The molecule has 0 atom stereocenters. The summed E-state index contributed by atoms with van der Waals surface area (Å²) in [5, 5.41) is 8.78. The van der Waals surface area contributed by atoms with E-state index in [1.807, 2.05) is 31.2 Å². The molecule has 0 aliphatic carbocycles. The normalized spacial score (nSPS) is 10.5. The largest absolute Gasteiger partial charge is 0.494 e. The number of benzene rings is 1. The van der Waals surface area contributed by atoms with Crippen LogP contribution in [0.1, 0.15) is 29.8 Å². The average Bonchev–Trinajstić information content (AvgIpc) is 2.72. The molecule has 0 radical (unpaired) electrons. The number of hydrogen-bond donors (Lipinski definition) is 1. The Kier molecular flexibility index (Phi) is 4.40. The van der Waals surface area contributed by atoms with Gasteiger partial charge in [0.25, 0.3) is 0 Å². The number of hydrogen-bond acceptors (Lipinski definition) is 4. The lowest BCUT2D eigenvalue weighted by molar-refractivity contribution is -0.136. The van der Waals surface area contributed by atoms with Crippen LogP contribution in [-0.4, -0.2) is 22.7 Å². The van der Waals surface area contributed by atoms with Crippen LogP contribution in [0.25, 0.3) is 0 Å². The van der Waals surface area contributed by atoms with E-state index in [4.69, 9.17) is 14.3 Å². The van der Waals surface area contributed by atoms with E-state index in [1.165, 1.54) is 0 Å². The number of aromatic nitrogens is 1. The first kappa shape index (κ1) is 14.1. The molecule has 2 aromatic rings. The molecule has 5 nitrogen and oxygen atoms in total. The number of oxazole rings is 1. The number of aliphatic carboxylic acids is 1. The summed E-state index contributed by atoms with van der Waals surface area (Å²) >= 11 is 0. The SMILES string of the molecule is CCOc1ccc(Cc2nc(CC(=O)O)c(C)o2)cc1. The third kappa shape index (κ3) is 3.60. The summed E-state index contributed by atoms with van der Waals surface area (Å²) in [4.78, 5) is 14.9. The highest BCUT2D eigenvalue weighted by Crippen LogP contribution is 2.17. The molecule has 0 fully saturated rings. The number of carboxylic acids is 1. The molecule has 0 saturated carbocycles. The van der Waals surface area contributed by atoms with Crippen LogP contribution in [0.15, 0.2) is 28.7 Å². The van der Waals surface area contributed by atoms with E-state index in [0.29, 0.717) is 30.4 Å². The molecule has 106 valence electrons. The fraction of sp³-hybridized carbons (Fsp3) is 0.333. The zero-order chi connectivity index (χ0) is 14.5. The summed E-state index contributed by atoms with van der Waals surface area (Å²) in [5.41, 5.74) is 1.52. The predicted molar refractivity (Wildman–Crippen MR) is 73.0 cm³/mol. The van der Waals surface area contributed by atoms with E-state index < -0.39 is 5.97 Å². The van der Waals surface area contributed by atoms with Gasteiger partial charge >= 0.3 is 5.97 Å². The minimum Gasteiger partial charge on any atom is -0.494 e. The Morgan fingerprint density at radius 1 is 1.35 bits per heavy atom. The second-order valence-electron chi connectivity index (χ2n) is 4.43. The highest BCUT2D eigenvalue weighted by molar-refractivity contribution is 5.69. The summed E-state index contributed by atoms with van der Waals surface area (Å²) < 4.78 is 10.9. The van der Waals surface area contributed by atoms with Gasteiger partial charge in [-0.05, 0) is 31.5 Å². The first-order valence-electron chi connectivity index (χ1n) is 6.47. The van der Waals surface area contributed by atoms with Gasteiger partial charge < -0.3 is 14.3 Å². The fourth-order valence-corrected chi connectivity index (χ4v) is 1.92. The Balaban J connectivity index is 2.07. The molecule has 0 aliphatic rings. The quantitative estimate of drug-likeness (QED) is 0.877. The third-order valence-corrected chi connectivity index (χ3v) is 2.85. The van der Waals surface area contributed by atoms with Gasteiger partial charge in [0.15, 0.2) is 5.89 Å². The van der Waals surface area contributed by atoms with Crippen molar-refractivity contribution in [1.29, 1.82) is 0 Å². The van der Waals surface area contributed by atoms with Gasteiger partial charge in [0.1, 0.15) is 11.5 Å². The lowest BCUT2D eigenvalue weighted by Gasteiger charge is -2.03. The molecule has 0 unspecified atom stereocenters. The Hall–Kier alpha value is -2.30. The van der Waals surface area contributed by atoms with Crippen LogP contribution >= 0.6 is 0 Å². The average molecular weight is 275 g/mol. The zero-order valence-electron chi connectivity index (χ0n) is 11.5. The van der Waals surface area contributed by atoms with Crippen molar-refractivity contribution in [2.45, 2.75) is 26.7 Å². The maximum absolute atomic E-state index is 10.7. The summed E-state index contributed by atoms with van der Waals surface area (Å²) in [6.45, 7) is 4.30. The van der Waals surface area contributed by atoms with Crippen LogP contribution in [0.2, 0.25) is 0 Å². The summed E-state index contributed by atoms with van der Waals surface area (Å²) in [5.74, 6) is 1.01. The molecule has 0 bridgehead atoms. The molecule has 0 aliphatic heterocycles. The number of rotatable bonds is 6. The summed E-state index contributed by atoms with van der Waals surface area (Å²) in [7, 11) is 0. The first-order valence-corrected chi connectivity index (χ1v) is 6.47. The fourth-order valence-electron chi connectivity index (χ4n) is 1.92. The first-order chi connectivity index (χ1) is 9.58. The van der Waals surface area contributed by atoms with Gasteiger partial charge in [0, 0.05) is 6.42 Å². The Morgan fingerprint density at radius 2 is 2.05 bits per heavy atom. The lowest BCUT2D eigenvalue weighted by atomic mass is 10.1. The van der Waals surface area contributed by atoms with Crippen molar-refractivity contribution in [3.8, 4) is 5.75 Å². The molecule has 1 aromatic heterocycles. The van der Waals surface area contributed by atoms with Crippen LogP contribution in [0.4, 0.5) is 0 Å². The molecular formula is C15H17NO4. The van der Waals surface area contributed by atoms with Crippen LogP contribution < -0.4 is 4.74 Å². The second-order valence-corrected chi connectivity index (χ2v) is 4.43. The maximum atomic E-state index is 10.7. The molecular weight excluding hydrogens is 258 g/mol. The molecule has 2 rings (SSSR count). The monoisotopic (exact) mass is 275 g/mol. The van der Waals surface area contributed by atoms with Crippen molar-refractivity contribution < 1.29 is 19.1 Å². The highest BCUT2D eigenvalue weighted by Gasteiger charge is 2.13. The van der Waals surface area contributed by atoms with Gasteiger partial charge in [-0.3, -0.25) is 4.79 Å². The predicted octanol–water partition coefficient (Wildman–Crippen LogP) is 2.60. The van der Waals surface area contributed by atoms with E-state index in [0.717, 1.165) is 11.3 Å². The number of nitrogens with zero attached hydrogens (tertiary/aromatic N) is 1. The molecule has 0 amide bonds. The van der Waals surface area contributed by atoms with Gasteiger partial charge in [-0.25, -0.2) is 4.98 Å². The molecule has 5 heteroatoms. The van der Waals surface area contributed by atoms with E-state index in [1.54, 1.807) is 6.92 Å². The number of carbonyl (C=O) groups is 1. The van der Waals surface area contributed by atoms with E-state index in [2.05, 4.69) is 4.98 Å². The summed E-state index contributed by atoms with van der Waals surface area (Å²) in [6.07, 6.45) is 0.422. The van der Waals surface area contributed by atoms with E-state index in [9.17, 15) is 4.79 Å². The Labute approximate surface area is 117 Å². The van der Waals surface area contributed by atoms with Gasteiger partial charge in [0.2, 0.25) is 0 Å². The van der Waals surface area contributed by atoms with Crippen LogP contribution in [0.3, 0.4) is 0 Å². The van der Waals surface area contributed by atoms with Crippen molar-refractivity contribution in [2.24, 2.45) is 0 Å². The van der Waals surface area contributed by atoms with Crippen molar-refractivity contribution in [1.82, 2.24) is 4.98 Å². The van der Waals surface area contributed by atoms with Crippen molar-refractivity contribution in [2.75, 3.05) is 6.61 Å². The van der Waals surface area contributed by atoms with Crippen LogP contribution in [0, 0.1) is 6.92 Å². The molecule has 1 heterocycles. The highest BCUT2D eigenvalue weighted by atomic mass is 16.5. The molecule has 1 aromatic carbocycles. The Bertz CT molecular complexity index is 586. The van der Waals surface area contributed by atoms with E-state index >= 15 is 0 Å². The third-order valence-electron chi connectivity index (χ3n) is 2.85. The van der Waals surface area contributed by atoms with Crippen molar-refractivity contribution in [3.05, 3.63) is 47.2 Å². The molecule has 0 spiro atoms. The smallest absolute Gasteiger partial charge is 0.309 e.